The zero-order valence-corrected chi connectivity index (χ0v) is 13.7. The Morgan fingerprint density at radius 1 is 1.00 bits per heavy atom. The Labute approximate surface area is 151 Å². The summed E-state index contributed by atoms with van der Waals surface area (Å²) in [6.07, 6.45) is 3.05. The first-order valence-electron chi connectivity index (χ1n) is 7.78. The number of non-ortho nitro benzene ring substituents is 1. The molecule has 27 heavy (non-hydrogen) atoms. The quantitative estimate of drug-likeness (QED) is 0.409. The van der Waals surface area contributed by atoms with Crippen LogP contribution in [0.4, 0.5) is 5.69 Å². The molecule has 0 bridgehead atoms. The van der Waals surface area contributed by atoms with E-state index in [1.54, 1.807) is 16.7 Å². The van der Waals surface area contributed by atoms with Crippen molar-refractivity contribution in [1.29, 1.82) is 5.26 Å². The average molecular weight is 358 g/mol. The van der Waals surface area contributed by atoms with Crippen molar-refractivity contribution >= 4 is 16.6 Å². The summed E-state index contributed by atoms with van der Waals surface area (Å²) in [5.41, 5.74) is 1.11. The van der Waals surface area contributed by atoms with Gasteiger partial charge in [0, 0.05) is 23.2 Å². The van der Waals surface area contributed by atoms with Gasteiger partial charge >= 0.3 is 0 Å². The molecule has 0 fully saturated rings. The molecule has 0 saturated heterocycles. The Hall–Kier alpha value is -4.32. The third-order valence-corrected chi connectivity index (χ3v) is 4.14. The van der Waals surface area contributed by atoms with Crippen LogP contribution in [-0.2, 0) is 0 Å². The monoisotopic (exact) mass is 358 g/mol. The number of hydrogen-bond donors (Lipinski definition) is 0. The number of hydrogen-bond acceptors (Lipinski definition) is 6. The molecule has 2 aromatic carbocycles. The number of aromatic nitrogens is 4. The molecule has 0 amide bonds. The Balaban J connectivity index is 2.02. The summed E-state index contributed by atoms with van der Waals surface area (Å²) >= 11 is 0. The lowest BCUT2D eigenvalue weighted by Gasteiger charge is -2.12. The van der Waals surface area contributed by atoms with Gasteiger partial charge in [-0.25, -0.2) is 0 Å². The summed E-state index contributed by atoms with van der Waals surface area (Å²) in [6, 6.07) is 14.4. The number of rotatable bonds is 3. The summed E-state index contributed by atoms with van der Waals surface area (Å²) in [5.74, 6) is 0. The Bertz CT molecular complexity index is 1270. The van der Waals surface area contributed by atoms with E-state index in [-0.39, 0.29) is 11.3 Å². The zero-order valence-electron chi connectivity index (χ0n) is 13.7. The van der Waals surface area contributed by atoms with Gasteiger partial charge in [0.15, 0.2) is 0 Å². The second-order valence-electron chi connectivity index (χ2n) is 5.70. The van der Waals surface area contributed by atoms with Crippen molar-refractivity contribution in [1.82, 2.24) is 19.3 Å². The molecule has 0 aliphatic rings. The smallest absolute Gasteiger partial charge is 0.273 e. The standard InChI is InChI=1S/C18H10N6O3/c19-9-13-7-12-1-2-16(22-10-20-21-11-22)8-17(12)23(18(13)25)14-3-5-15(6-4-14)24(26)27/h1-8,10-11H. The normalized spacial score (nSPS) is 10.6. The molecule has 0 saturated carbocycles. The van der Waals surface area contributed by atoms with Gasteiger partial charge in [-0.2, -0.15) is 5.26 Å². The molecule has 0 unspecified atom stereocenters. The van der Waals surface area contributed by atoms with E-state index in [1.807, 2.05) is 12.1 Å². The predicted molar refractivity (Wildman–Crippen MR) is 95.8 cm³/mol. The van der Waals surface area contributed by atoms with Crippen LogP contribution in [0.5, 0.6) is 0 Å². The van der Waals surface area contributed by atoms with E-state index in [9.17, 15) is 20.2 Å². The average Bonchev–Trinajstić information content (AvgIpc) is 3.22. The van der Waals surface area contributed by atoms with Gasteiger partial charge in [-0.15, -0.1) is 10.2 Å². The Morgan fingerprint density at radius 3 is 2.30 bits per heavy atom. The van der Waals surface area contributed by atoms with Crippen molar-refractivity contribution in [3.63, 3.8) is 0 Å². The SMILES string of the molecule is N#Cc1cc2ccc(-n3cnnc3)cc2n(-c2ccc([N+](=O)[O-])cc2)c1=O. The first kappa shape index (κ1) is 16.2. The third-order valence-electron chi connectivity index (χ3n) is 4.14. The van der Waals surface area contributed by atoms with Crippen LogP contribution < -0.4 is 5.56 Å². The number of nitro groups is 1. The van der Waals surface area contributed by atoms with Gasteiger partial charge in [-0.05, 0) is 30.3 Å². The van der Waals surface area contributed by atoms with E-state index < -0.39 is 10.5 Å². The minimum atomic E-state index is -0.513. The first-order valence-corrected chi connectivity index (χ1v) is 7.78. The summed E-state index contributed by atoms with van der Waals surface area (Å²) in [5, 5.41) is 28.4. The lowest BCUT2D eigenvalue weighted by atomic mass is 10.1. The minimum Gasteiger partial charge on any atom is -0.288 e. The lowest BCUT2D eigenvalue weighted by Crippen LogP contribution is -2.21. The Kier molecular flexibility index (Phi) is 3.71. The molecule has 0 N–H and O–H groups in total. The summed E-state index contributed by atoms with van der Waals surface area (Å²) in [7, 11) is 0. The fourth-order valence-electron chi connectivity index (χ4n) is 2.85. The molecule has 9 nitrogen and oxygen atoms in total. The van der Waals surface area contributed by atoms with E-state index in [0.29, 0.717) is 16.6 Å². The van der Waals surface area contributed by atoms with Crippen molar-refractivity contribution < 1.29 is 4.92 Å². The van der Waals surface area contributed by atoms with Crippen LogP contribution in [0.1, 0.15) is 5.56 Å². The molecular weight excluding hydrogens is 348 g/mol. The molecule has 0 atom stereocenters. The number of nitro benzene ring substituents is 1. The van der Waals surface area contributed by atoms with Crippen LogP contribution in [0.3, 0.4) is 0 Å². The van der Waals surface area contributed by atoms with Crippen LogP contribution in [0, 0.1) is 21.4 Å². The summed E-state index contributed by atoms with van der Waals surface area (Å²) in [6.45, 7) is 0. The molecule has 0 radical (unpaired) electrons. The van der Waals surface area contributed by atoms with Crippen molar-refractivity contribution in [2.24, 2.45) is 0 Å². The molecule has 2 heterocycles. The third kappa shape index (κ3) is 2.71. The van der Waals surface area contributed by atoms with E-state index in [1.165, 1.54) is 47.6 Å². The second kappa shape index (κ2) is 6.20. The van der Waals surface area contributed by atoms with E-state index in [0.717, 1.165) is 5.69 Å². The molecule has 4 rings (SSSR count). The topological polar surface area (TPSA) is 120 Å². The summed E-state index contributed by atoms with van der Waals surface area (Å²) in [4.78, 5) is 23.2. The van der Waals surface area contributed by atoms with Gasteiger partial charge in [0.05, 0.1) is 16.1 Å². The fourth-order valence-corrected chi connectivity index (χ4v) is 2.85. The number of nitrogens with zero attached hydrogens (tertiary/aromatic N) is 6. The number of fused-ring (bicyclic) bond motifs is 1. The summed E-state index contributed by atoms with van der Waals surface area (Å²) < 4.78 is 3.05. The maximum Gasteiger partial charge on any atom is 0.273 e. The van der Waals surface area contributed by atoms with Crippen LogP contribution in [-0.4, -0.2) is 24.3 Å². The van der Waals surface area contributed by atoms with Crippen LogP contribution in [0.25, 0.3) is 22.3 Å². The zero-order chi connectivity index (χ0) is 19.0. The molecule has 4 aromatic rings. The highest BCUT2D eigenvalue weighted by molar-refractivity contribution is 5.84. The van der Waals surface area contributed by atoms with Gasteiger partial charge in [-0.3, -0.25) is 24.0 Å². The van der Waals surface area contributed by atoms with Crippen LogP contribution >= 0.6 is 0 Å². The van der Waals surface area contributed by atoms with Crippen molar-refractivity contribution in [2.75, 3.05) is 0 Å². The molecule has 2 aromatic heterocycles. The van der Waals surface area contributed by atoms with E-state index in [4.69, 9.17) is 0 Å². The second-order valence-corrected chi connectivity index (χ2v) is 5.70. The van der Waals surface area contributed by atoms with E-state index >= 15 is 0 Å². The first-order chi connectivity index (χ1) is 13.1. The predicted octanol–water partition coefficient (Wildman–Crippen LogP) is 2.35. The van der Waals surface area contributed by atoms with E-state index in [2.05, 4.69) is 10.2 Å². The highest BCUT2D eigenvalue weighted by atomic mass is 16.6. The highest BCUT2D eigenvalue weighted by Gasteiger charge is 2.13. The molecule has 0 spiro atoms. The molecule has 0 aliphatic heterocycles. The van der Waals surface area contributed by atoms with Gasteiger partial charge < -0.3 is 0 Å². The van der Waals surface area contributed by atoms with Gasteiger partial charge in [0.25, 0.3) is 11.2 Å². The van der Waals surface area contributed by atoms with Crippen LogP contribution in [0.2, 0.25) is 0 Å². The lowest BCUT2D eigenvalue weighted by molar-refractivity contribution is -0.384. The number of benzene rings is 2. The fraction of sp³-hybridized carbons (Fsp3) is 0. The maximum atomic E-state index is 12.8. The van der Waals surface area contributed by atoms with Gasteiger partial charge in [-0.1, -0.05) is 6.07 Å². The molecule has 130 valence electrons. The minimum absolute atomic E-state index is 0.0158. The molecule has 0 aliphatic carbocycles. The molecule has 9 heteroatoms. The highest BCUT2D eigenvalue weighted by Crippen LogP contribution is 2.22. The van der Waals surface area contributed by atoms with Crippen molar-refractivity contribution in [2.45, 2.75) is 0 Å². The van der Waals surface area contributed by atoms with Gasteiger partial charge in [0.1, 0.15) is 24.3 Å². The number of nitriles is 1. The van der Waals surface area contributed by atoms with Crippen molar-refractivity contribution in [3.8, 4) is 17.4 Å². The number of pyridine rings is 1. The van der Waals surface area contributed by atoms with Crippen molar-refractivity contribution in [3.05, 3.63) is 87.2 Å². The van der Waals surface area contributed by atoms with Crippen LogP contribution in [0.15, 0.2) is 66.0 Å². The molecular formula is C18H10N6O3. The van der Waals surface area contributed by atoms with Gasteiger partial charge in [0.2, 0.25) is 0 Å². The largest absolute Gasteiger partial charge is 0.288 e. The maximum absolute atomic E-state index is 12.8. The Morgan fingerprint density at radius 2 is 1.67 bits per heavy atom.